The average Bonchev–Trinajstić information content (AvgIpc) is 3.11. The van der Waals surface area contributed by atoms with Crippen molar-refractivity contribution in [3.05, 3.63) is 88.7 Å². The molecule has 0 aliphatic carbocycles. The number of rotatable bonds is 5. The van der Waals surface area contributed by atoms with Gasteiger partial charge < -0.3 is 9.88 Å². The van der Waals surface area contributed by atoms with Crippen LogP contribution in [0.15, 0.2) is 67.0 Å². The van der Waals surface area contributed by atoms with Crippen LogP contribution in [0.4, 0.5) is 5.69 Å². The zero-order valence-electron chi connectivity index (χ0n) is 14.4. The number of anilines is 1. The summed E-state index contributed by atoms with van der Waals surface area (Å²) >= 11 is 6.05. The van der Waals surface area contributed by atoms with E-state index in [-0.39, 0.29) is 11.9 Å². The minimum atomic E-state index is -0.0457. The molecule has 1 aromatic heterocycles. The molecule has 0 aliphatic rings. The summed E-state index contributed by atoms with van der Waals surface area (Å²) in [6, 6.07) is 17.6. The first-order chi connectivity index (χ1) is 12.0. The summed E-state index contributed by atoms with van der Waals surface area (Å²) in [5.74, 6) is -0.0349. The van der Waals surface area contributed by atoms with Crippen LogP contribution in [0.5, 0.6) is 0 Å². The predicted molar refractivity (Wildman–Crippen MR) is 103 cm³/mol. The Morgan fingerprint density at radius 1 is 1.04 bits per heavy atom. The Morgan fingerprint density at radius 3 is 2.48 bits per heavy atom. The van der Waals surface area contributed by atoms with Gasteiger partial charge >= 0.3 is 0 Å². The lowest BCUT2D eigenvalue weighted by Gasteiger charge is -2.21. The molecule has 128 valence electrons. The molecule has 25 heavy (non-hydrogen) atoms. The van der Waals surface area contributed by atoms with E-state index in [1.165, 1.54) is 5.56 Å². The summed E-state index contributed by atoms with van der Waals surface area (Å²) < 4.78 is 2.08. The molecule has 0 fully saturated rings. The highest BCUT2D eigenvalue weighted by atomic mass is 35.5. The van der Waals surface area contributed by atoms with Crippen LogP contribution in [0.2, 0.25) is 5.02 Å². The van der Waals surface area contributed by atoms with Crippen molar-refractivity contribution in [2.45, 2.75) is 26.3 Å². The molecule has 0 aliphatic heterocycles. The molecular weight excluding hydrogens is 332 g/mol. The monoisotopic (exact) mass is 352 g/mol. The number of nitrogens with zero attached hydrogens (tertiary/aromatic N) is 1. The van der Waals surface area contributed by atoms with Crippen LogP contribution in [-0.4, -0.2) is 10.5 Å². The molecule has 3 nitrogen and oxygen atoms in total. The highest BCUT2D eigenvalue weighted by Crippen LogP contribution is 2.27. The molecule has 3 rings (SSSR count). The van der Waals surface area contributed by atoms with E-state index in [9.17, 15) is 4.79 Å². The first-order valence-corrected chi connectivity index (χ1v) is 8.66. The van der Waals surface area contributed by atoms with Crippen LogP contribution >= 0.6 is 11.6 Å². The van der Waals surface area contributed by atoms with E-state index in [4.69, 9.17) is 11.6 Å². The molecule has 0 radical (unpaired) electrons. The molecule has 3 aromatic rings. The number of hydrogen-bond donors (Lipinski definition) is 1. The number of carbonyl (C=O) groups excluding carboxylic acids is 1. The minimum Gasteiger partial charge on any atom is -0.346 e. The van der Waals surface area contributed by atoms with Crippen molar-refractivity contribution in [3.8, 4) is 0 Å². The Balaban J connectivity index is 1.85. The van der Waals surface area contributed by atoms with Crippen molar-refractivity contribution < 1.29 is 4.79 Å². The van der Waals surface area contributed by atoms with Gasteiger partial charge in [0, 0.05) is 23.1 Å². The third-order valence-corrected chi connectivity index (χ3v) is 4.62. The van der Waals surface area contributed by atoms with Crippen molar-refractivity contribution in [3.63, 3.8) is 0 Å². The lowest BCUT2D eigenvalue weighted by molar-refractivity contribution is -0.116. The predicted octanol–water partition coefficient (Wildman–Crippen LogP) is 5.38. The smallest absolute Gasteiger partial charge is 0.226 e. The summed E-state index contributed by atoms with van der Waals surface area (Å²) in [7, 11) is 0. The molecule has 0 saturated heterocycles. The van der Waals surface area contributed by atoms with Crippen molar-refractivity contribution in [2.24, 2.45) is 0 Å². The number of halogens is 1. The summed E-state index contributed by atoms with van der Waals surface area (Å²) in [6.07, 6.45) is 4.34. The molecule has 1 heterocycles. The molecule has 0 spiro atoms. The van der Waals surface area contributed by atoms with E-state index < -0.39 is 0 Å². The SMILES string of the molecule is Cc1ccc(Cl)cc1NC(=O)CC(c1ccccc1C)n1cccc1. The normalized spacial score (nSPS) is 12.0. The van der Waals surface area contributed by atoms with Crippen molar-refractivity contribution in [2.75, 3.05) is 5.32 Å². The standard InChI is InChI=1S/C21H21ClN2O/c1-15-7-3-4-8-18(15)20(24-11-5-6-12-24)14-21(25)23-19-13-17(22)10-9-16(19)2/h3-13,20H,14H2,1-2H3,(H,23,25). The molecule has 4 heteroatoms. The number of benzene rings is 2. The first-order valence-electron chi connectivity index (χ1n) is 8.28. The lowest BCUT2D eigenvalue weighted by Crippen LogP contribution is -2.20. The van der Waals surface area contributed by atoms with Crippen LogP contribution in [0.25, 0.3) is 0 Å². The molecule has 0 saturated carbocycles. The molecule has 1 unspecified atom stereocenters. The first kappa shape index (κ1) is 17.3. The van der Waals surface area contributed by atoms with Gasteiger partial charge in [0.15, 0.2) is 0 Å². The molecule has 1 amide bonds. The summed E-state index contributed by atoms with van der Waals surface area (Å²) in [5.41, 5.74) is 4.07. The van der Waals surface area contributed by atoms with Gasteiger partial charge in [-0.3, -0.25) is 4.79 Å². The highest BCUT2D eigenvalue weighted by molar-refractivity contribution is 6.31. The number of aromatic nitrogens is 1. The minimum absolute atomic E-state index is 0.0349. The van der Waals surface area contributed by atoms with Gasteiger partial charge in [-0.05, 0) is 54.8 Å². The van der Waals surface area contributed by atoms with Crippen LogP contribution in [0, 0.1) is 13.8 Å². The Hall–Kier alpha value is -2.52. The third-order valence-electron chi connectivity index (χ3n) is 4.39. The number of amides is 1. The molecule has 1 N–H and O–H groups in total. The molecule has 2 aromatic carbocycles. The number of nitrogens with one attached hydrogen (secondary N) is 1. The highest BCUT2D eigenvalue weighted by Gasteiger charge is 2.19. The molecular formula is C21H21ClN2O. The van der Waals surface area contributed by atoms with Gasteiger partial charge in [-0.25, -0.2) is 0 Å². The maximum atomic E-state index is 12.7. The average molecular weight is 353 g/mol. The fourth-order valence-electron chi connectivity index (χ4n) is 3.00. The molecule has 0 bridgehead atoms. The van der Waals surface area contributed by atoms with Crippen LogP contribution < -0.4 is 5.32 Å². The summed E-state index contributed by atoms with van der Waals surface area (Å²) in [4.78, 5) is 12.7. The van der Waals surface area contributed by atoms with Gasteiger partial charge in [-0.15, -0.1) is 0 Å². The Morgan fingerprint density at radius 2 is 1.76 bits per heavy atom. The van der Waals surface area contributed by atoms with E-state index in [1.54, 1.807) is 6.07 Å². The van der Waals surface area contributed by atoms with Crippen molar-refractivity contribution in [1.29, 1.82) is 0 Å². The third kappa shape index (κ3) is 4.12. The van der Waals surface area contributed by atoms with E-state index in [0.717, 1.165) is 16.8 Å². The summed E-state index contributed by atoms with van der Waals surface area (Å²) in [6.45, 7) is 4.03. The Bertz CT molecular complexity index is 871. The van der Waals surface area contributed by atoms with Crippen LogP contribution in [0.1, 0.15) is 29.2 Å². The van der Waals surface area contributed by atoms with E-state index >= 15 is 0 Å². The lowest BCUT2D eigenvalue weighted by atomic mass is 9.98. The largest absolute Gasteiger partial charge is 0.346 e. The topological polar surface area (TPSA) is 34.0 Å². The Kier molecular flexibility index (Phi) is 5.25. The second kappa shape index (κ2) is 7.58. The zero-order valence-corrected chi connectivity index (χ0v) is 15.1. The molecule has 1 atom stereocenters. The van der Waals surface area contributed by atoms with Crippen molar-refractivity contribution >= 4 is 23.2 Å². The van der Waals surface area contributed by atoms with E-state index in [1.807, 2.05) is 55.7 Å². The van der Waals surface area contributed by atoms with Gasteiger partial charge in [0.05, 0.1) is 12.5 Å². The second-order valence-corrected chi connectivity index (χ2v) is 6.65. The summed E-state index contributed by atoms with van der Waals surface area (Å²) in [5, 5.41) is 3.61. The fourth-order valence-corrected chi connectivity index (χ4v) is 3.17. The fraction of sp³-hybridized carbons (Fsp3) is 0.190. The Labute approximate surface area is 153 Å². The second-order valence-electron chi connectivity index (χ2n) is 6.21. The van der Waals surface area contributed by atoms with Crippen molar-refractivity contribution in [1.82, 2.24) is 4.57 Å². The van der Waals surface area contributed by atoms with Gasteiger partial charge in [-0.2, -0.15) is 0 Å². The van der Waals surface area contributed by atoms with Gasteiger partial charge in [0.2, 0.25) is 5.91 Å². The number of aryl methyl sites for hydroxylation is 2. The van der Waals surface area contributed by atoms with E-state index in [2.05, 4.69) is 28.9 Å². The quantitative estimate of drug-likeness (QED) is 0.657. The van der Waals surface area contributed by atoms with Gasteiger partial charge in [0.25, 0.3) is 0 Å². The van der Waals surface area contributed by atoms with Gasteiger partial charge in [0.1, 0.15) is 0 Å². The van der Waals surface area contributed by atoms with Crippen LogP contribution in [-0.2, 0) is 4.79 Å². The maximum Gasteiger partial charge on any atom is 0.226 e. The number of carbonyl (C=O) groups is 1. The zero-order chi connectivity index (χ0) is 17.8. The van der Waals surface area contributed by atoms with Crippen LogP contribution in [0.3, 0.4) is 0 Å². The number of hydrogen-bond acceptors (Lipinski definition) is 1. The van der Waals surface area contributed by atoms with Gasteiger partial charge in [-0.1, -0.05) is 41.9 Å². The van der Waals surface area contributed by atoms with E-state index in [0.29, 0.717) is 11.4 Å². The maximum absolute atomic E-state index is 12.7.